The molecular formula is C18H16BrN3O2. The smallest absolute Gasteiger partial charge is 0.280 e. The molecule has 5 nitrogen and oxygen atoms in total. The predicted octanol–water partition coefficient (Wildman–Crippen LogP) is 3.85. The second kappa shape index (κ2) is 7.31. The van der Waals surface area contributed by atoms with Gasteiger partial charge in [-0.05, 0) is 41.1 Å². The Hall–Kier alpha value is -2.60. The lowest BCUT2D eigenvalue weighted by atomic mass is 10.2. The Kier molecular flexibility index (Phi) is 4.96. The van der Waals surface area contributed by atoms with Crippen LogP contribution in [0.2, 0.25) is 0 Å². The molecule has 3 aromatic rings. The van der Waals surface area contributed by atoms with E-state index in [1.807, 2.05) is 48.7 Å². The van der Waals surface area contributed by atoms with Crippen LogP contribution >= 0.6 is 15.9 Å². The van der Waals surface area contributed by atoms with Crippen LogP contribution in [0.4, 0.5) is 0 Å². The predicted molar refractivity (Wildman–Crippen MR) is 98.3 cm³/mol. The number of ether oxygens (including phenoxy) is 1. The van der Waals surface area contributed by atoms with E-state index < -0.39 is 6.10 Å². The number of para-hydroxylation sites is 2. The molecule has 0 aliphatic rings. The van der Waals surface area contributed by atoms with Crippen molar-refractivity contribution in [3.63, 3.8) is 0 Å². The van der Waals surface area contributed by atoms with Crippen molar-refractivity contribution in [2.75, 3.05) is 0 Å². The second-order valence-electron chi connectivity index (χ2n) is 5.21. The van der Waals surface area contributed by atoms with Crippen LogP contribution in [0.15, 0.2) is 64.3 Å². The van der Waals surface area contributed by atoms with Crippen LogP contribution in [-0.2, 0) is 4.79 Å². The third kappa shape index (κ3) is 3.65. The maximum Gasteiger partial charge on any atom is 0.280 e. The molecule has 1 heterocycles. The fourth-order valence-electron chi connectivity index (χ4n) is 2.24. The first kappa shape index (κ1) is 16.3. The lowest BCUT2D eigenvalue weighted by Crippen LogP contribution is -2.33. The average Bonchev–Trinajstić information content (AvgIpc) is 3.00. The number of fused-ring (bicyclic) bond motifs is 1. The summed E-state index contributed by atoms with van der Waals surface area (Å²) in [5, 5.41) is 5.06. The fourth-order valence-corrected chi connectivity index (χ4v) is 2.62. The number of benzene rings is 2. The Balaban J connectivity index is 1.61. The van der Waals surface area contributed by atoms with Gasteiger partial charge < -0.3 is 9.72 Å². The number of halogens is 1. The van der Waals surface area contributed by atoms with Crippen molar-refractivity contribution in [2.45, 2.75) is 13.0 Å². The first-order valence-electron chi connectivity index (χ1n) is 7.45. The van der Waals surface area contributed by atoms with E-state index in [1.165, 1.54) is 0 Å². The molecule has 0 aliphatic carbocycles. The highest BCUT2D eigenvalue weighted by Gasteiger charge is 2.15. The average molecular weight is 386 g/mol. The van der Waals surface area contributed by atoms with E-state index in [1.54, 1.807) is 19.2 Å². The van der Waals surface area contributed by atoms with Gasteiger partial charge in [-0.1, -0.05) is 30.3 Å². The Morgan fingerprint density at radius 1 is 1.25 bits per heavy atom. The van der Waals surface area contributed by atoms with E-state index >= 15 is 0 Å². The van der Waals surface area contributed by atoms with E-state index in [0.29, 0.717) is 5.75 Å². The summed E-state index contributed by atoms with van der Waals surface area (Å²) in [6.45, 7) is 1.68. The van der Waals surface area contributed by atoms with E-state index in [4.69, 9.17) is 4.74 Å². The molecule has 0 bridgehead atoms. The molecule has 24 heavy (non-hydrogen) atoms. The van der Waals surface area contributed by atoms with Gasteiger partial charge >= 0.3 is 0 Å². The number of H-pyrrole nitrogens is 1. The first-order chi connectivity index (χ1) is 11.6. The molecule has 0 fully saturated rings. The van der Waals surface area contributed by atoms with Gasteiger partial charge in [0.1, 0.15) is 5.75 Å². The highest BCUT2D eigenvalue weighted by atomic mass is 79.9. The number of rotatable bonds is 5. The van der Waals surface area contributed by atoms with Gasteiger partial charge in [-0.2, -0.15) is 5.10 Å². The Morgan fingerprint density at radius 3 is 2.83 bits per heavy atom. The first-order valence-corrected chi connectivity index (χ1v) is 8.24. The Labute approximate surface area is 147 Å². The fraction of sp³-hybridized carbons (Fsp3) is 0.111. The molecule has 1 aromatic heterocycles. The molecule has 0 spiro atoms. The van der Waals surface area contributed by atoms with E-state index in [2.05, 4.69) is 31.4 Å². The van der Waals surface area contributed by atoms with Gasteiger partial charge in [0.25, 0.3) is 5.91 Å². The summed E-state index contributed by atoms with van der Waals surface area (Å²) in [5.74, 6) is 0.294. The number of hydrogen-bond donors (Lipinski definition) is 2. The Bertz CT molecular complexity index is 889. The number of hydrazone groups is 1. The molecule has 0 radical (unpaired) electrons. The van der Waals surface area contributed by atoms with Gasteiger partial charge in [0.15, 0.2) is 6.10 Å². The van der Waals surface area contributed by atoms with E-state index in [0.717, 1.165) is 20.9 Å². The molecule has 3 rings (SSSR count). The van der Waals surface area contributed by atoms with Crippen LogP contribution < -0.4 is 10.2 Å². The maximum absolute atomic E-state index is 12.1. The third-order valence-electron chi connectivity index (χ3n) is 3.51. The van der Waals surface area contributed by atoms with Gasteiger partial charge in [0.05, 0.1) is 10.7 Å². The summed E-state index contributed by atoms with van der Waals surface area (Å²) in [6, 6.07) is 15.3. The minimum atomic E-state index is -0.663. The van der Waals surface area contributed by atoms with Crippen LogP contribution in [-0.4, -0.2) is 23.2 Å². The summed E-state index contributed by atoms with van der Waals surface area (Å²) in [5.41, 5.74) is 4.43. The summed E-state index contributed by atoms with van der Waals surface area (Å²) in [4.78, 5) is 15.2. The van der Waals surface area contributed by atoms with Crippen LogP contribution in [0, 0.1) is 0 Å². The Morgan fingerprint density at radius 2 is 2.00 bits per heavy atom. The zero-order chi connectivity index (χ0) is 16.9. The molecule has 6 heteroatoms. The van der Waals surface area contributed by atoms with E-state index in [9.17, 15) is 4.79 Å². The minimum absolute atomic E-state index is 0.318. The molecule has 1 atom stereocenters. The molecule has 0 saturated heterocycles. The van der Waals surface area contributed by atoms with E-state index in [-0.39, 0.29) is 5.91 Å². The minimum Gasteiger partial charge on any atom is -0.480 e. The SMILES string of the molecule is C[C@@H](Oc1ccccc1Br)C(=O)N/N=C\c1c[nH]c2ccccc12. The topological polar surface area (TPSA) is 66.5 Å². The summed E-state index contributed by atoms with van der Waals surface area (Å²) in [7, 11) is 0. The largest absolute Gasteiger partial charge is 0.480 e. The van der Waals surface area contributed by atoms with Gasteiger partial charge in [-0.15, -0.1) is 0 Å². The standard InChI is InChI=1S/C18H16BrN3O2/c1-12(24-17-9-5-3-7-15(17)19)18(23)22-21-11-13-10-20-16-8-4-2-6-14(13)16/h2-12,20H,1H3,(H,22,23)/b21-11-/t12-/m1/s1. The zero-order valence-electron chi connectivity index (χ0n) is 13.0. The van der Waals surface area contributed by atoms with Crippen molar-refractivity contribution in [3.05, 3.63) is 64.8 Å². The molecule has 2 aromatic carbocycles. The van der Waals surface area contributed by atoms with Crippen molar-refractivity contribution in [1.82, 2.24) is 10.4 Å². The quantitative estimate of drug-likeness (QED) is 0.517. The van der Waals surface area contributed by atoms with Gasteiger partial charge in [-0.3, -0.25) is 4.79 Å². The third-order valence-corrected chi connectivity index (χ3v) is 4.16. The number of hydrogen-bond acceptors (Lipinski definition) is 3. The monoisotopic (exact) mass is 385 g/mol. The lowest BCUT2D eigenvalue weighted by Gasteiger charge is -2.13. The molecule has 2 N–H and O–H groups in total. The van der Waals surface area contributed by atoms with Gasteiger partial charge in [0.2, 0.25) is 0 Å². The van der Waals surface area contributed by atoms with Gasteiger partial charge in [0, 0.05) is 22.7 Å². The number of amides is 1. The molecule has 0 aliphatic heterocycles. The van der Waals surface area contributed by atoms with Crippen LogP contribution in [0.25, 0.3) is 10.9 Å². The number of carbonyl (C=O) groups excluding carboxylic acids is 1. The van der Waals surface area contributed by atoms with Crippen LogP contribution in [0.5, 0.6) is 5.75 Å². The van der Waals surface area contributed by atoms with Crippen LogP contribution in [0.1, 0.15) is 12.5 Å². The molecule has 1 amide bonds. The van der Waals surface area contributed by atoms with Crippen molar-refractivity contribution < 1.29 is 9.53 Å². The molecular weight excluding hydrogens is 370 g/mol. The molecule has 122 valence electrons. The summed E-state index contributed by atoms with van der Waals surface area (Å²) >= 11 is 3.39. The maximum atomic E-state index is 12.1. The van der Waals surface area contributed by atoms with Crippen LogP contribution in [0.3, 0.4) is 0 Å². The molecule has 0 unspecified atom stereocenters. The number of carbonyl (C=O) groups is 1. The normalized spacial score (nSPS) is 12.4. The number of aromatic amines is 1. The van der Waals surface area contributed by atoms with Crippen molar-refractivity contribution in [1.29, 1.82) is 0 Å². The highest BCUT2D eigenvalue weighted by Crippen LogP contribution is 2.24. The molecule has 0 saturated carbocycles. The zero-order valence-corrected chi connectivity index (χ0v) is 14.6. The van der Waals surface area contributed by atoms with Crippen molar-refractivity contribution in [3.8, 4) is 5.75 Å². The highest BCUT2D eigenvalue weighted by molar-refractivity contribution is 9.10. The van der Waals surface area contributed by atoms with Gasteiger partial charge in [-0.25, -0.2) is 5.43 Å². The number of nitrogens with zero attached hydrogens (tertiary/aromatic N) is 1. The number of nitrogens with one attached hydrogen (secondary N) is 2. The van der Waals surface area contributed by atoms with Crippen molar-refractivity contribution in [2.24, 2.45) is 5.10 Å². The number of aromatic nitrogens is 1. The summed E-state index contributed by atoms with van der Waals surface area (Å²) in [6.07, 6.45) is 2.80. The summed E-state index contributed by atoms with van der Waals surface area (Å²) < 4.78 is 6.42. The second-order valence-corrected chi connectivity index (χ2v) is 6.07. The van der Waals surface area contributed by atoms with Crippen molar-refractivity contribution >= 4 is 39.0 Å². The lowest BCUT2D eigenvalue weighted by molar-refractivity contribution is -0.127.